The molecule has 0 radical (unpaired) electrons. The number of benzene rings is 3. The van der Waals surface area contributed by atoms with E-state index in [1.165, 1.54) is 22.7 Å². The molecule has 0 aromatic heterocycles. The number of halogens is 1. The van der Waals surface area contributed by atoms with Crippen LogP contribution in [0.3, 0.4) is 0 Å². The van der Waals surface area contributed by atoms with Crippen LogP contribution < -0.4 is 10.6 Å². The van der Waals surface area contributed by atoms with Gasteiger partial charge in [0.25, 0.3) is 0 Å². The Morgan fingerprint density at radius 2 is 1.25 bits per heavy atom. The molecule has 0 heterocycles. The summed E-state index contributed by atoms with van der Waals surface area (Å²) < 4.78 is 13.2. The molecular weight excluding hydrogens is 354 g/mol. The molecule has 4 heteroatoms. The molecule has 0 aliphatic carbocycles. The van der Waals surface area contributed by atoms with Crippen LogP contribution >= 0.6 is 16.6 Å². The summed E-state index contributed by atoms with van der Waals surface area (Å²) in [7, 11) is 0. The molecule has 3 rings (SSSR count). The van der Waals surface area contributed by atoms with Crippen LogP contribution in [0.15, 0.2) is 84.9 Å². The lowest BCUT2D eigenvalue weighted by molar-refractivity contribution is 0.627. The molecule has 0 aliphatic heterocycles. The smallest absolute Gasteiger partial charge is 0.123 e. The van der Waals surface area contributed by atoms with E-state index < -0.39 is 5.24 Å². The van der Waals surface area contributed by atoms with Gasteiger partial charge in [-0.05, 0) is 35.2 Å². The topological polar surface area (TPSA) is 0 Å². The Kier molecular flexibility index (Phi) is 5.55. The molecule has 0 fully saturated rings. The maximum atomic E-state index is 13.2. The van der Waals surface area contributed by atoms with E-state index in [9.17, 15) is 4.39 Å². The zero-order valence-corrected chi connectivity index (χ0v) is 15.8. The van der Waals surface area contributed by atoms with Crippen LogP contribution in [0.2, 0.25) is 0 Å². The Hall–Kier alpha value is -1.41. The summed E-state index contributed by atoms with van der Waals surface area (Å²) in [6, 6.07) is 27.4. The van der Waals surface area contributed by atoms with Crippen molar-refractivity contribution in [3.8, 4) is 0 Å². The summed E-state index contributed by atoms with van der Waals surface area (Å²) in [6.45, 7) is 2.14. The molecule has 122 valence electrons. The molecule has 0 N–H and O–H groups in total. The minimum atomic E-state index is -2.00. The van der Waals surface area contributed by atoms with Gasteiger partial charge in [-0.2, -0.15) is 0 Å². The van der Waals surface area contributed by atoms with Crippen molar-refractivity contribution >= 4 is 39.0 Å². The van der Waals surface area contributed by atoms with Gasteiger partial charge >= 0.3 is 0 Å². The molecule has 0 spiro atoms. The molecule has 1 unspecified atom stereocenters. The van der Waals surface area contributed by atoms with Gasteiger partial charge in [0.1, 0.15) is 5.82 Å². The maximum absolute atomic E-state index is 13.2. The first kappa shape index (κ1) is 17.4. The fourth-order valence-electron chi connectivity index (χ4n) is 2.54. The van der Waals surface area contributed by atoms with Crippen molar-refractivity contribution < 1.29 is 4.39 Å². The summed E-state index contributed by atoms with van der Waals surface area (Å²) in [5.74, 6) is -0.207. The highest BCUT2D eigenvalue weighted by atomic mass is 32.9. The van der Waals surface area contributed by atoms with Crippen LogP contribution in [0, 0.1) is 5.82 Å². The van der Waals surface area contributed by atoms with E-state index in [0.29, 0.717) is 0 Å². The Bertz CT molecular complexity index is 789. The van der Waals surface area contributed by atoms with Gasteiger partial charge in [-0.25, -0.2) is 4.39 Å². The number of hydrogen-bond donors (Lipinski definition) is 0. The molecule has 24 heavy (non-hydrogen) atoms. The monoisotopic (exact) mass is 372 g/mol. The van der Waals surface area contributed by atoms with Crippen LogP contribution in [0.5, 0.6) is 0 Å². The summed E-state index contributed by atoms with van der Waals surface area (Å²) >= 11 is 8.05. The lowest BCUT2D eigenvalue weighted by Crippen LogP contribution is -2.13. The molecule has 0 saturated carbocycles. The van der Waals surface area contributed by atoms with Crippen LogP contribution in [-0.4, -0.2) is 0 Å². The minimum absolute atomic E-state index is 0.192. The summed E-state index contributed by atoms with van der Waals surface area (Å²) in [5.41, 5.74) is 1.10. The molecule has 0 aliphatic rings. The first-order valence-corrected chi connectivity index (χ1v) is 12.0. The quantitative estimate of drug-likeness (QED) is 0.530. The highest BCUT2D eigenvalue weighted by Gasteiger charge is 2.26. The van der Waals surface area contributed by atoms with E-state index in [1.54, 1.807) is 0 Å². The van der Waals surface area contributed by atoms with Crippen molar-refractivity contribution in [3.05, 3.63) is 96.3 Å². The average molecular weight is 372 g/mol. The van der Waals surface area contributed by atoms with Gasteiger partial charge in [-0.15, -0.1) is 11.4 Å². The summed E-state index contributed by atoms with van der Waals surface area (Å²) in [4.78, 5) is 0. The Labute approximate surface area is 151 Å². The number of rotatable bonds is 5. The highest BCUT2D eigenvalue weighted by Crippen LogP contribution is 2.62. The standard InChI is InChI=1S/C20H18FPS2/c1-16(17-12-14-18(21)15-13-17)24-22(23,19-8-4-2-5-9-19)20-10-6-3-7-11-20/h2-16H,1H3. The number of hydrogen-bond acceptors (Lipinski definition) is 2. The molecule has 0 amide bonds. The van der Waals surface area contributed by atoms with Crippen molar-refractivity contribution in [2.75, 3.05) is 0 Å². The van der Waals surface area contributed by atoms with E-state index in [1.807, 2.05) is 59.9 Å². The molecule has 3 aromatic carbocycles. The third-order valence-corrected chi connectivity index (χ3v) is 11.8. The fourth-order valence-corrected chi connectivity index (χ4v) is 9.99. The predicted octanol–water partition coefficient (Wildman–Crippen LogP) is 5.67. The zero-order valence-electron chi connectivity index (χ0n) is 13.3. The van der Waals surface area contributed by atoms with Gasteiger partial charge in [0.15, 0.2) is 0 Å². The third kappa shape index (κ3) is 3.80. The third-order valence-electron chi connectivity index (χ3n) is 3.84. The van der Waals surface area contributed by atoms with Gasteiger partial charge in [-0.1, -0.05) is 84.6 Å². The normalized spacial score (nSPS) is 12.8. The lowest BCUT2D eigenvalue weighted by atomic mass is 10.2. The van der Waals surface area contributed by atoms with Gasteiger partial charge in [0, 0.05) is 5.25 Å². The zero-order chi connectivity index (χ0) is 17.0. The molecule has 0 bridgehead atoms. The maximum Gasteiger partial charge on any atom is 0.123 e. The van der Waals surface area contributed by atoms with E-state index in [4.69, 9.17) is 11.8 Å². The van der Waals surface area contributed by atoms with Crippen molar-refractivity contribution in [2.24, 2.45) is 0 Å². The van der Waals surface area contributed by atoms with E-state index in [2.05, 4.69) is 31.2 Å². The average Bonchev–Trinajstić information content (AvgIpc) is 2.63. The molecule has 0 nitrogen and oxygen atoms in total. The fraction of sp³-hybridized carbons (Fsp3) is 0.100. The van der Waals surface area contributed by atoms with Crippen LogP contribution in [0.4, 0.5) is 4.39 Å². The van der Waals surface area contributed by atoms with Crippen LogP contribution in [0.1, 0.15) is 17.7 Å². The van der Waals surface area contributed by atoms with E-state index >= 15 is 0 Å². The lowest BCUT2D eigenvalue weighted by Gasteiger charge is -2.26. The Morgan fingerprint density at radius 1 is 0.792 bits per heavy atom. The van der Waals surface area contributed by atoms with Crippen LogP contribution in [-0.2, 0) is 11.8 Å². The van der Waals surface area contributed by atoms with E-state index in [-0.39, 0.29) is 11.1 Å². The molecule has 3 aromatic rings. The molecular formula is C20H18FPS2. The molecule has 0 saturated heterocycles. The van der Waals surface area contributed by atoms with Crippen molar-refractivity contribution in [1.29, 1.82) is 0 Å². The minimum Gasteiger partial charge on any atom is -0.207 e. The molecule has 1 atom stereocenters. The van der Waals surface area contributed by atoms with E-state index in [0.717, 1.165) is 5.56 Å². The van der Waals surface area contributed by atoms with Crippen LogP contribution in [0.25, 0.3) is 0 Å². The second-order valence-electron chi connectivity index (χ2n) is 5.52. The predicted molar refractivity (Wildman–Crippen MR) is 109 cm³/mol. The highest BCUT2D eigenvalue weighted by molar-refractivity contribution is 8.75. The first-order chi connectivity index (χ1) is 11.6. The van der Waals surface area contributed by atoms with Gasteiger partial charge in [0.2, 0.25) is 0 Å². The van der Waals surface area contributed by atoms with Gasteiger partial charge < -0.3 is 0 Å². The summed E-state index contributed by atoms with van der Waals surface area (Å²) in [6.07, 6.45) is 0. The Morgan fingerprint density at radius 3 is 1.71 bits per heavy atom. The summed E-state index contributed by atoms with van der Waals surface area (Å²) in [5, 5.41) is 0.589. The van der Waals surface area contributed by atoms with Crippen molar-refractivity contribution in [2.45, 2.75) is 12.2 Å². The largest absolute Gasteiger partial charge is 0.207 e. The second-order valence-corrected chi connectivity index (χ2v) is 13.2. The van der Waals surface area contributed by atoms with Gasteiger partial charge in [-0.3, -0.25) is 0 Å². The van der Waals surface area contributed by atoms with Crippen molar-refractivity contribution in [1.82, 2.24) is 0 Å². The second kappa shape index (κ2) is 7.65. The SMILES string of the molecule is CC(SP(=S)(c1ccccc1)c1ccccc1)c1ccc(F)cc1. The Balaban J connectivity index is 2.00. The van der Waals surface area contributed by atoms with Crippen molar-refractivity contribution in [3.63, 3.8) is 0 Å². The first-order valence-electron chi connectivity index (χ1n) is 7.75. The van der Waals surface area contributed by atoms with Gasteiger partial charge in [0.05, 0.1) is 5.24 Å².